The van der Waals surface area contributed by atoms with Gasteiger partial charge in [-0.3, -0.25) is 4.90 Å². The fraction of sp³-hybridized carbons (Fsp3) is 0.692. The highest BCUT2D eigenvalue weighted by molar-refractivity contribution is 5.33. The molecular formula is C13H23NO2. The molecule has 0 aromatic heterocycles. The van der Waals surface area contributed by atoms with E-state index in [1.807, 2.05) is 32.0 Å². The van der Waals surface area contributed by atoms with Crippen molar-refractivity contribution < 1.29 is 10.2 Å². The molecule has 0 heterocycles. The van der Waals surface area contributed by atoms with Crippen molar-refractivity contribution in [2.45, 2.75) is 44.4 Å². The van der Waals surface area contributed by atoms with E-state index in [-0.39, 0.29) is 0 Å². The third-order valence-corrected chi connectivity index (χ3v) is 3.50. The molecule has 0 saturated heterocycles. The summed E-state index contributed by atoms with van der Waals surface area (Å²) in [7, 11) is 3.78. The molecule has 3 heteroatoms. The lowest BCUT2D eigenvalue weighted by atomic mass is 9.84. The Morgan fingerprint density at radius 1 is 1.38 bits per heavy atom. The molecule has 0 bridgehead atoms. The van der Waals surface area contributed by atoms with Crippen molar-refractivity contribution in [2.24, 2.45) is 0 Å². The number of nitrogens with zero attached hydrogens (tertiary/aromatic N) is 1. The molecule has 0 aliphatic heterocycles. The maximum Gasteiger partial charge on any atom is 0.174 e. The lowest BCUT2D eigenvalue weighted by Crippen LogP contribution is -2.54. The van der Waals surface area contributed by atoms with Gasteiger partial charge in [0.15, 0.2) is 6.29 Å². The molecule has 0 fully saturated rings. The third-order valence-electron chi connectivity index (χ3n) is 3.50. The van der Waals surface area contributed by atoms with Crippen molar-refractivity contribution >= 4 is 0 Å². The van der Waals surface area contributed by atoms with Crippen LogP contribution in [0, 0.1) is 0 Å². The van der Waals surface area contributed by atoms with Crippen LogP contribution >= 0.6 is 0 Å². The zero-order valence-corrected chi connectivity index (χ0v) is 10.5. The van der Waals surface area contributed by atoms with Gasteiger partial charge in [0.1, 0.15) is 0 Å². The lowest BCUT2D eigenvalue weighted by Gasteiger charge is -2.41. The molecule has 92 valence electrons. The molecule has 1 unspecified atom stereocenters. The first-order valence-corrected chi connectivity index (χ1v) is 5.96. The van der Waals surface area contributed by atoms with E-state index in [0.29, 0.717) is 6.42 Å². The first-order chi connectivity index (χ1) is 7.55. The molecule has 1 rings (SSSR count). The van der Waals surface area contributed by atoms with E-state index < -0.39 is 11.8 Å². The van der Waals surface area contributed by atoms with Crippen molar-refractivity contribution in [1.29, 1.82) is 0 Å². The van der Waals surface area contributed by atoms with Gasteiger partial charge < -0.3 is 10.2 Å². The maximum absolute atomic E-state index is 9.72. The predicted molar refractivity (Wildman–Crippen MR) is 66.0 cm³/mol. The summed E-state index contributed by atoms with van der Waals surface area (Å²) in [5, 5.41) is 19.4. The Morgan fingerprint density at radius 3 is 2.56 bits per heavy atom. The van der Waals surface area contributed by atoms with Crippen LogP contribution in [-0.4, -0.2) is 41.0 Å². The second kappa shape index (κ2) is 5.62. The van der Waals surface area contributed by atoms with E-state index in [4.69, 9.17) is 0 Å². The monoisotopic (exact) mass is 225 g/mol. The first kappa shape index (κ1) is 13.4. The summed E-state index contributed by atoms with van der Waals surface area (Å²) >= 11 is 0. The SMILES string of the molecule is CCC(C1=CCCCC=C1)(C(O)O)N(C)C. The van der Waals surface area contributed by atoms with Crippen LogP contribution in [0.1, 0.15) is 32.6 Å². The molecule has 0 aromatic rings. The number of likely N-dealkylation sites (N-methyl/N-ethyl adjacent to an activating group) is 1. The van der Waals surface area contributed by atoms with Gasteiger partial charge >= 0.3 is 0 Å². The lowest BCUT2D eigenvalue weighted by molar-refractivity contribution is -0.127. The highest BCUT2D eigenvalue weighted by Gasteiger charge is 2.40. The van der Waals surface area contributed by atoms with Crippen LogP contribution in [0.4, 0.5) is 0 Å². The number of aliphatic hydroxyl groups is 2. The van der Waals surface area contributed by atoms with Crippen LogP contribution < -0.4 is 0 Å². The van der Waals surface area contributed by atoms with Gasteiger partial charge in [-0.1, -0.05) is 25.2 Å². The van der Waals surface area contributed by atoms with Gasteiger partial charge in [0, 0.05) is 0 Å². The van der Waals surface area contributed by atoms with Gasteiger partial charge in [0.25, 0.3) is 0 Å². The quantitative estimate of drug-likeness (QED) is 0.715. The van der Waals surface area contributed by atoms with Crippen molar-refractivity contribution in [2.75, 3.05) is 14.1 Å². The Hall–Kier alpha value is -0.640. The standard InChI is InChI=1S/C13H23NO2/c1-4-13(12(15)16,14(2)3)11-9-7-5-6-8-10-11/h7,9-10,12,15-16H,4-6,8H2,1-3H3. The molecule has 1 aliphatic carbocycles. The minimum atomic E-state index is -1.36. The highest BCUT2D eigenvalue weighted by Crippen LogP contribution is 2.32. The molecular weight excluding hydrogens is 202 g/mol. The molecule has 0 spiro atoms. The largest absolute Gasteiger partial charge is 0.366 e. The van der Waals surface area contributed by atoms with Crippen LogP contribution in [0.5, 0.6) is 0 Å². The van der Waals surface area contributed by atoms with Gasteiger partial charge in [-0.25, -0.2) is 0 Å². The first-order valence-electron chi connectivity index (χ1n) is 5.96. The maximum atomic E-state index is 9.72. The average molecular weight is 225 g/mol. The van der Waals surface area contributed by atoms with Crippen LogP contribution in [0.3, 0.4) is 0 Å². The number of allylic oxidation sites excluding steroid dienone is 2. The second-order valence-electron chi connectivity index (χ2n) is 4.54. The summed E-state index contributed by atoms with van der Waals surface area (Å²) in [5.74, 6) is 0. The average Bonchev–Trinajstić information content (AvgIpc) is 2.47. The highest BCUT2D eigenvalue weighted by atomic mass is 16.5. The minimum Gasteiger partial charge on any atom is -0.366 e. The molecule has 0 radical (unpaired) electrons. The zero-order chi connectivity index (χ0) is 12.2. The molecule has 0 aromatic carbocycles. The van der Waals surface area contributed by atoms with E-state index in [9.17, 15) is 10.2 Å². The van der Waals surface area contributed by atoms with Crippen molar-refractivity contribution in [3.8, 4) is 0 Å². The molecule has 2 N–H and O–H groups in total. The second-order valence-corrected chi connectivity index (χ2v) is 4.54. The normalized spacial score (nSPS) is 20.8. The predicted octanol–water partition coefficient (Wildman–Crippen LogP) is 1.67. The van der Waals surface area contributed by atoms with Gasteiger partial charge in [0.2, 0.25) is 0 Å². The van der Waals surface area contributed by atoms with Crippen molar-refractivity contribution in [3.05, 3.63) is 23.8 Å². The van der Waals surface area contributed by atoms with E-state index in [1.165, 1.54) is 0 Å². The minimum absolute atomic E-state index is 0.674. The summed E-state index contributed by atoms with van der Waals surface area (Å²) in [6.07, 6.45) is 8.81. The molecule has 16 heavy (non-hydrogen) atoms. The fourth-order valence-corrected chi connectivity index (χ4v) is 2.43. The molecule has 1 atom stereocenters. The van der Waals surface area contributed by atoms with Gasteiger partial charge in [0.05, 0.1) is 5.54 Å². The van der Waals surface area contributed by atoms with E-state index in [1.54, 1.807) is 0 Å². The summed E-state index contributed by atoms with van der Waals surface area (Å²) < 4.78 is 0. The van der Waals surface area contributed by atoms with Crippen molar-refractivity contribution in [1.82, 2.24) is 4.90 Å². The number of aliphatic hydroxyl groups excluding tert-OH is 1. The summed E-state index contributed by atoms with van der Waals surface area (Å²) in [5.41, 5.74) is 0.341. The Bertz CT molecular complexity index is 272. The van der Waals surface area contributed by atoms with E-state index >= 15 is 0 Å². The van der Waals surface area contributed by atoms with Gasteiger partial charge in [-0.2, -0.15) is 0 Å². The summed E-state index contributed by atoms with van der Waals surface area (Å²) in [6, 6.07) is 0. The van der Waals surface area contributed by atoms with Gasteiger partial charge in [-0.15, -0.1) is 0 Å². The topological polar surface area (TPSA) is 43.7 Å². The zero-order valence-electron chi connectivity index (χ0n) is 10.5. The van der Waals surface area contributed by atoms with Gasteiger partial charge in [-0.05, 0) is 45.4 Å². The smallest absolute Gasteiger partial charge is 0.174 e. The third kappa shape index (κ3) is 2.37. The summed E-state index contributed by atoms with van der Waals surface area (Å²) in [4.78, 5) is 1.90. The number of rotatable bonds is 4. The van der Waals surface area contributed by atoms with E-state index in [0.717, 1.165) is 24.8 Å². The summed E-state index contributed by atoms with van der Waals surface area (Å²) in [6.45, 7) is 1.99. The number of hydrogen-bond acceptors (Lipinski definition) is 3. The Kier molecular flexibility index (Phi) is 4.71. The number of hydrogen-bond donors (Lipinski definition) is 2. The Morgan fingerprint density at radius 2 is 2.06 bits per heavy atom. The van der Waals surface area contributed by atoms with Crippen molar-refractivity contribution in [3.63, 3.8) is 0 Å². The van der Waals surface area contributed by atoms with Crippen LogP contribution in [0.15, 0.2) is 23.8 Å². The van der Waals surface area contributed by atoms with E-state index in [2.05, 4.69) is 12.2 Å². The molecule has 0 amide bonds. The van der Waals surface area contributed by atoms with Crippen LogP contribution in [0.2, 0.25) is 0 Å². The van der Waals surface area contributed by atoms with Crippen LogP contribution in [-0.2, 0) is 0 Å². The molecule has 3 nitrogen and oxygen atoms in total. The Labute approximate surface area is 98.1 Å². The van der Waals surface area contributed by atoms with Crippen LogP contribution in [0.25, 0.3) is 0 Å². The molecule has 1 aliphatic rings. The molecule has 0 saturated carbocycles. The Balaban J connectivity index is 3.12. The fourth-order valence-electron chi connectivity index (χ4n) is 2.43.